The zero-order valence-electron chi connectivity index (χ0n) is 12.3. The largest absolute Gasteiger partial charge is 0.484 e. The van der Waals surface area contributed by atoms with Crippen LogP contribution in [0.5, 0.6) is 5.75 Å². The van der Waals surface area contributed by atoms with Gasteiger partial charge in [0, 0.05) is 11.1 Å². The van der Waals surface area contributed by atoms with E-state index < -0.39 is 0 Å². The Morgan fingerprint density at radius 3 is 2.68 bits per heavy atom. The summed E-state index contributed by atoms with van der Waals surface area (Å²) in [7, 11) is 0. The maximum atomic E-state index is 12.0. The van der Waals surface area contributed by atoms with Crippen molar-refractivity contribution in [1.82, 2.24) is 5.32 Å². The van der Waals surface area contributed by atoms with Crippen LogP contribution in [0, 0.1) is 0 Å². The second kappa shape index (κ2) is 7.31. The Morgan fingerprint density at radius 2 is 1.91 bits per heavy atom. The van der Waals surface area contributed by atoms with Crippen molar-refractivity contribution in [2.75, 3.05) is 19.8 Å². The van der Waals surface area contributed by atoms with E-state index in [-0.39, 0.29) is 30.8 Å². The van der Waals surface area contributed by atoms with Gasteiger partial charge in [-0.15, -0.1) is 0 Å². The number of benzene rings is 1. The summed E-state index contributed by atoms with van der Waals surface area (Å²) < 4.78 is 16.8. The van der Waals surface area contributed by atoms with Crippen LogP contribution in [0.2, 0.25) is 5.02 Å². The Balaban J connectivity index is 1.42. The van der Waals surface area contributed by atoms with Crippen molar-refractivity contribution >= 4 is 17.5 Å². The molecule has 0 aromatic heterocycles. The van der Waals surface area contributed by atoms with Crippen LogP contribution < -0.4 is 10.1 Å². The average Bonchev–Trinajstić information content (AvgIpc) is 2.54. The third-order valence-electron chi connectivity index (χ3n) is 4.03. The molecule has 120 valence electrons. The van der Waals surface area contributed by atoms with Crippen LogP contribution in [0.15, 0.2) is 24.3 Å². The molecule has 2 aliphatic rings. The highest BCUT2D eigenvalue weighted by Crippen LogP contribution is 2.26. The molecule has 1 saturated carbocycles. The molecule has 3 unspecified atom stereocenters. The second-order valence-electron chi connectivity index (χ2n) is 5.64. The predicted molar refractivity (Wildman–Crippen MR) is 82.2 cm³/mol. The lowest BCUT2D eigenvalue weighted by molar-refractivity contribution is -0.158. The summed E-state index contributed by atoms with van der Waals surface area (Å²) in [6, 6.07) is 7.08. The van der Waals surface area contributed by atoms with Crippen LogP contribution in [0.1, 0.15) is 19.3 Å². The third kappa shape index (κ3) is 4.12. The first-order chi connectivity index (χ1) is 10.7. The number of carbonyl (C=O) groups is 1. The molecule has 1 aliphatic carbocycles. The summed E-state index contributed by atoms with van der Waals surface area (Å²) in [6.07, 6.45) is 2.93. The highest BCUT2D eigenvalue weighted by molar-refractivity contribution is 6.30. The standard InChI is InChI=1S/C16H20ClNO4/c17-11-1-4-13(5-2-11)22-10-16(19)18-12-3-6-14-15(9-12)21-8-7-20-14/h1-2,4-5,12,14-15H,3,6-10H2,(H,18,19). The highest BCUT2D eigenvalue weighted by Gasteiger charge is 2.34. The molecule has 0 radical (unpaired) electrons. The Bertz CT molecular complexity index is 507. The molecule has 1 aliphatic heterocycles. The van der Waals surface area contributed by atoms with Crippen molar-refractivity contribution in [2.45, 2.75) is 37.5 Å². The van der Waals surface area contributed by atoms with Gasteiger partial charge in [-0.05, 0) is 43.5 Å². The lowest BCUT2D eigenvalue weighted by Crippen LogP contribution is -2.49. The first-order valence-corrected chi connectivity index (χ1v) is 7.99. The molecule has 5 nitrogen and oxygen atoms in total. The summed E-state index contributed by atoms with van der Waals surface area (Å²) in [5.74, 6) is 0.516. The van der Waals surface area contributed by atoms with Crippen LogP contribution in [0.3, 0.4) is 0 Å². The molecular formula is C16H20ClNO4. The van der Waals surface area contributed by atoms with E-state index in [1.807, 2.05) is 0 Å². The van der Waals surface area contributed by atoms with Crippen molar-refractivity contribution in [3.05, 3.63) is 29.3 Å². The first-order valence-electron chi connectivity index (χ1n) is 7.61. The van der Waals surface area contributed by atoms with Gasteiger partial charge in [-0.3, -0.25) is 4.79 Å². The lowest BCUT2D eigenvalue weighted by atomic mass is 9.89. The van der Waals surface area contributed by atoms with Gasteiger partial charge in [0.25, 0.3) is 5.91 Å². The Labute approximate surface area is 134 Å². The second-order valence-corrected chi connectivity index (χ2v) is 6.08. The van der Waals surface area contributed by atoms with E-state index in [2.05, 4.69) is 5.32 Å². The van der Waals surface area contributed by atoms with E-state index >= 15 is 0 Å². The van der Waals surface area contributed by atoms with Gasteiger partial charge in [-0.1, -0.05) is 11.6 Å². The highest BCUT2D eigenvalue weighted by atomic mass is 35.5. The Hall–Kier alpha value is -1.30. The predicted octanol–water partition coefficient (Wildman–Crippen LogP) is 2.17. The molecular weight excluding hydrogens is 306 g/mol. The van der Waals surface area contributed by atoms with Crippen LogP contribution >= 0.6 is 11.6 Å². The number of ether oxygens (including phenoxy) is 3. The molecule has 1 heterocycles. The topological polar surface area (TPSA) is 56.8 Å². The molecule has 3 atom stereocenters. The molecule has 3 rings (SSSR count). The smallest absolute Gasteiger partial charge is 0.258 e. The molecule has 22 heavy (non-hydrogen) atoms. The van der Waals surface area contributed by atoms with Crippen LogP contribution in [-0.2, 0) is 14.3 Å². The van der Waals surface area contributed by atoms with E-state index in [1.54, 1.807) is 24.3 Å². The van der Waals surface area contributed by atoms with Gasteiger partial charge in [-0.25, -0.2) is 0 Å². The fourth-order valence-electron chi connectivity index (χ4n) is 2.95. The lowest BCUT2D eigenvalue weighted by Gasteiger charge is -2.39. The summed E-state index contributed by atoms with van der Waals surface area (Å²) in [5, 5.41) is 3.65. The van der Waals surface area contributed by atoms with Gasteiger partial charge < -0.3 is 19.5 Å². The minimum Gasteiger partial charge on any atom is -0.484 e. The molecule has 0 spiro atoms. The van der Waals surface area contributed by atoms with Crippen molar-refractivity contribution in [2.24, 2.45) is 0 Å². The first kappa shape index (κ1) is 15.6. The van der Waals surface area contributed by atoms with E-state index in [9.17, 15) is 4.79 Å². The average molecular weight is 326 g/mol. The summed E-state index contributed by atoms with van der Waals surface area (Å²) in [4.78, 5) is 12.0. The minimum absolute atomic E-state index is 0.00356. The molecule has 1 aromatic carbocycles. The third-order valence-corrected chi connectivity index (χ3v) is 4.28. The number of rotatable bonds is 4. The van der Waals surface area contributed by atoms with Gasteiger partial charge in [0.05, 0.1) is 25.4 Å². The van der Waals surface area contributed by atoms with Crippen molar-refractivity contribution in [1.29, 1.82) is 0 Å². The Morgan fingerprint density at radius 1 is 1.18 bits per heavy atom. The van der Waals surface area contributed by atoms with Crippen molar-refractivity contribution in [3.8, 4) is 5.75 Å². The minimum atomic E-state index is -0.116. The van der Waals surface area contributed by atoms with Gasteiger partial charge in [0.1, 0.15) is 5.75 Å². The molecule has 6 heteroatoms. The molecule has 1 aromatic rings. The van der Waals surface area contributed by atoms with Gasteiger partial charge in [-0.2, -0.15) is 0 Å². The molecule has 1 N–H and O–H groups in total. The molecule has 1 saturated heterocycles. The zero-order chi connectivity index (χ0) is 15.4. The van der Waals surface area contributed by atoms with E-state index in [0.29, 0.717) is 24.0 Å². The van der Waals surface area contributed by atoms with Crippen LogP contribution in [-0.4, -0.2) is 44.0 Å². The number of nitrogens with one attached hydrogen (secondary N) is 1. The van der Waals surface area contributed by atoms with Crippen LogP contribution in [0.25, 0.3) is 0 Å². The van der Waals surface area contributed by atoms with E-state index in [4.69, 9.17) is 25.8 Å². The zero-order valence-corrected chi connectivity index (χ0v) is 13.1. The van der Waals surface area contributed by atoms with Crippen LogP contribution in [0.4, 0.5) is 0 Å². The molecule has 1 amide bonds. The normalized spacial score (nSPS) is 27.8. The summed E-state index contributed by atoms with van der Waals surface area (Å²) >= 11 is 5.80. The van der Waals surface area contributed by atoms with Gasteiger partial charge in [0.15, 0.2) is 6.61 Å². The summed E-state index contributed by atoms with van der Waals surface area (Å²) in [6.45, 7) is 1.32. The van der Waals surface area contributed by atoms with Crippen molar-refractivity contribution < 1.29 is 19.0 Å². The van der Waals surface area contributed by atoms with Gasteiger partial charge in [0.2, 0.25) is 0 Å². The van der Waals surface area contributed by atoms with E-state index in [0.717, 1.165) is 19.3 Å². The van der Waals surface area contributed by atoms with Crippen molar-refractivity contribution in [3.63, 3.8) is 0 Å². The monoisotopic (exact) mass is 325 g/mol. The maximum Gasteiger partial charge on any atom is 0.258 e. The number of fused-ring (bicyclic) bond motifs is 1. The SMILES string of the molecule is O=C(COc1ccc(Cl)cc1)NC1CCC2OCCOC2C1. The molecule has 2 fully saturated rings. The maximum absolute atomic E-state index is 12.0. The number of hydrogen-bond acceptors (Lipinski definition) is 4. The summed E-state index contributed by atoms with van der Waals surface area (Å²) in [5.41, 5.74) is 0. The quantitative estimate of drug-likeness (QED) is 0.922. The van der Waals surface area contributed by atoms with Gasteiger partial charge >= 0.3 is 0 Å². The van der Waals surface area contributed by atoms with E-state index in [1.165, 1.54) is 0 Å². The number of carbonyl (C=O) groups excluding carboxylic acids is 1. The number of halogens is 1. The fourth-order valence-corrected chi connectivity index (χ4v) is 3.07. The number of hydrogen-bond donors (Lipinski definition) is 1. The molecule has 0 bridgehead atoms. The fraction of sp³-hybridized carbons (Fsp3) is 0.562. The number of amides is 1. The Kier molecular flexibility index (Phi) is 5.18.